The Morgan fingerprint density at radius 1 is 1.33 bits per heavy atom. The van der Waals surface area contributed by atoms with Crippen molar-refractivity contribution in [2.45, 2.75) is 52.7 Å². The second-order valence-corrected chi connectivity index (χ2v) is 7.16. The van der Waals surface area contributed by atoms with Crippen molar-refractivity contribution in [3.8, 4) is 0 Å². The number of ether oxygens (including phenoxy) is 1. The van der Waals surface area contributed by atoms with Gasteiger partial charge >= 0.3 is 0 Å². The summed E-state index contributed by atoms with van der Waals surface area (Å²) in [4.78, 5) is 2.27. The van der Waals surface area contributed by atoms with Crippen molar-refractivity contribution in [2.24, 2.45) is 11.3 Å². The van der Waals surface area contributed by atoms with Gasteiger partial charge in [0.2, 0.25) is 0 Å². The highest BCUT2D eigenvalue weighted by atomic mass is 16.5. The van der Waals surface area contributed by atoms with Crippen LogP contribution in [0.15, 0.2) is 0 Å². The molecule has 2 atom stereocenters. The number of nitrogens with zero attached hydrogens (tertiary/aromatic N) is 1. The largest absolute Gasteiger partial charge is 0.378 e. The van der Waals surface area contributed by atoms with Gasteiger partial charge in [-0.15, -0.1) is 0 Å². The van der Waals surface area contributed by atoms with Crippen LogP contribution >= 0.6 is 0 Å². The van der Waals surface area contributed by atoms with E-state index in [1.807, 2.05) is 0 Å². The van der Waals surface area contributed by atoms with Gasteiger partial charge in [0.25, 0.3) is 0 Å². The Hall–Kier alpha value is -0.120. The molecule has 3 heteroatoms. The lowest BCUT2D eigenvalue weighted by Gasteiger charge is -2.35. The van der Waals surface area contributed by atoms with Crippen LogP contribution in [0.5, 0.6) is 0 Å². The van der Waals surface area contributed by atoms with Crippen molar-refractivity contribution in [2.75, 3.05) is 33.8 Å². The Morgan fingerprint density at radius 3 is 2.56 bits per heavy atom. The Bertz CT molecular complexity index is 239. The molecule has 108 valence electrons. The van der Waals surface area contributed by atoms with E-state index in [9.17, 15) is 0 Å². The van der Waals surface area contributed by atoms with E-state index in [1.54, 1.807) is 0 Å². The molecule has 1 saturated heterocycles. The number of rotatable bonds is 6. The third-order valence-electron chi connectivity index (χ3n) is 3.67. The van der Waals surface area contributed by atoms with Gasteiger partial charge in [-0.25, -0.2) is 0 Å². The summed E-state index contributed by atoms with van der Waals surface area (Å²) >= 11 is 0. The van der Waals surface area contributed by atoms with Crippen molar-refractivity contribution in [3.63, 3.8) is 0 Å². The van der Waals surface area contributed by atoms with E-state index < -0.39 is 0 Å². The predicted molar refractivity (Wildman–Crippen MR) is 77.9 cm³/mol. The first-order chi connectivity index (χ1) is 8.30. The molecule has 0 spiro atoms. The molecule has 0 aromatic heterocycles. The van der Waals surface area contributed by atoms with Crippen LogP contribution in [-0.4, -0.2) is 50.8 Å². The standard InChI is InChI=1S/C15H32N2O/c1-12(2)14-9-13(7-8-18-14)16-10-15(3,4)11-17(5)6/h12-14,16H,7-11H2,1-6H3. The average Bonchev–Trinajstić information content (AvgIpc) is 2.25. The van der Waals surface area contributed by atoms with Crippen LogP contribution in [0, 0.1) is 11.3 Å². The Kier molecular flexibility index (Phi) is 6.09. The molecule has 1 aliphatic rings. The lowest BCUT2D eigenvalue weighted by atomic mass is 9.90. The van der Waals surface area contributed by atoms with Crippen molar-refractivity contribution >= 4 is 0 Å². The summed E-state index contributed by atoms with van der Waals surface area (Å²) in [7, 11) is 4.29. The molecular weight excluding hydrogens is 224 g/mol. The Labute approximate surface area is 113 Å². The van der Waals surface area contributed by atoms with E-state index in [-0.39, 0.29) is 0 Å². The second-order valence-electron chi connectivity index (χ2n) is 7.16. The summed E-state index contributed by atoms with van der Waals surface area (Å²) in [6, 6.07) is 0.632. The smallest absolute Gasteiger partial charge is 0.0612 e. The normalized spacial score (nSPS) is 26.0. The third kappa shape index (κ3) is 5.68. The molecule has 0 saturated carbocycles. The first-order valence-corrected chi connectivity index (χ1v) is 7.30. The SMILES string of the molecule is CC(C)C1CC(NCC(C)(C)CN(C)C)CCO1. The molecule has 0 radical (unpaired) electrons. The quantitative estimate of drug-likeness (QED) is 0.789. The van der Waals surface area contributed by atoms with Gasteiger partial charge < -0.3 is 15.0 Å². The van der Waals surface area contributed by atoms with E-state index in [1.165, 1.54) is 0 Å². The summed E-state index contributed by atoms with van der Waals surface area (Å²) in [5.41, 5.74) is 0.329. The molecular formula is C15H32N2O. The molecule has 0 aromatic rings. The van der Waals surface area contributed by atoms with Crippen molar-refractivity contribution in [1.29, 1.82) is 0 Å². The summed E-state index contributed by atoms with van der Waals surface area (Å²) in [5.74, 6) is 0.629. The van der Waals surface area contributed by atoms with Gasteiger partial charge in [0, 0.05) is 25.7 Å². The summed E-state index contributed by atoms with van der Waals surface area (Å²) in [5, 5.41) is 3.75. The van der Waals surface area contributed by atoms with Crippen LogP contribution in [0.4, 0.5) is 0 Å². The molecule has 1 rings (SSSR count). The van der Waals surface area contributed by atoms with Gasteiger partial charge in [-0.3, -0.25) is 0 Å². The molecule has 18 heavy (non-hydrogen) atoms. The summed E-state index contributed by atoms with van der Waals surface area (Å²) < 4.78 is 5.82. The summed E-state index contributed by atoms with van der Waals surface area (Å²) in [6.07, 6.45) is 2.75. The third-order valence-corrected chi connectivity index (χ3v) is 3.67. The maximum Gasteiger partial charge on any atom is 0.0612 e. The molecule has 1 aliphatic heterocycles. The zero-order valence-corrected chi connectivity index (χ0v) is 13.1. The molecule has 0 amide bonds. The Morgan fingerprint density at radius 2 is 2.00 bits per heavy atom. The lowest BCUT2D eigenvalue weighted by molar-refractivity contribution is -0.0256. The fraction of sp³-hybridized carbons (Fsp3) is 1.00. The minimum Gasteiger partial charge on any atom is -0.378 e. The Balaban J connectivity index is 2.34. The zero-order chi connectivity index (χ0) is 13.8. The molecule has 0 aliphatic carbocycles. The van der Waals surface area contributed by atoms with Crippen LogP contribution in [0.25, 0.3) is 0 Å². The van der Waals surface area contributed by atoms with E-state index >= 15 is 0 Å². The van der Waals surface area contributed by atoms with Crippen LogP contribution in [0.3, 0.4) is 0 Å². The van der Waals surface area contributed by atoms with Crippen molar-refractivity contribution in [3.05, 3.63) is 0 Å². The van der Waals surface area contributed by atoms with Gasteiger partial charge in [-0.05, 0) is 38.3 Å². The first-order valence-electron chi connectivity index (χ1n) is 7.30. The molecule has 0 bridgehead atoms. The average molecular weight is 256 g/mol. The van der Waals surface area contributed by atoms with E-state index in [2.05, 4.69) is 52.0 Å². The van der Waals surface area contributed by atoms with Gasteiger partial charge in [0.05, 0.1) is 6.10 Å². The highest BCUT2D eigenvalue weighted by molar-refractivity contribution is 4.82. The van der Waals surface area contributed by atoms with Gasteiger partial charge in [-0.2, -0.15) is 0 Å². The van der Waals surface area contributed by atoms with Gasteiger partial charge in [0.15, 0.2) is 0 Å². The number of hydrogen-bond donors (Lipinski definition) is 1. The molecule has 1 N–H and O–H groups in total. The minimum atomic E-state index is 0.329. The molecule has 1 heterocycles. The molecule has 3 nitrogen and oxygen atoms in total. The monoisotopic (exact) mass is 256 g/mol. The molecule has 2 unspecified atom stereocenters. The highest BCUT2D eigenvalue weighted by Gasteiger charge is 2.26. The first kappa shape index (κ1) is 15.9. The van der Waals surface area contributed by atoms with E-state index in [0.29, 0.717) is 23.5 Å². The number of nitrogens with one attached hydrogen (secondary N) is 1. The van der Waals surface area contributed by atoms with Crippen molar-refractivity contribution in [1.82, 2.24) is 10.2 Å². The minimum absolute atomic E-state index is 0.329. The maximum atomic E-state index is 5.82. The second kappa shape index (κ2) is 6.88. The highest BCUT2D eigenvalue weighted by Crippen LogP contribution is 2.21. The zero-order valence-electron chi connectivity index (χ0n) is 13.1. The van der Waals surface area contributed by atoms with Gasteiger partial charge in [-0.1, -0.05) is 27.7 Å². The topological polar surface area (TPSA) is 24.5 Å². The van der Waals surface area contributed by atoms with Crippen LogP contribution < -0.4 is 5.32 Å². The molecule has 1 fully saturated rings. The maximum absolute atomic E-state index is 5.82. The van der Waals surface area contributed by atoms with Gasteiger partial charge in [0.1, 0.15) is 0 Å². The fourth-order valence-corrected chi connectivity index (χ4v) is 2.81. The predicted octanol–water partition coefficient (Wildman–Crippen LogP) is 2.37. The van der Waals surface area contributed by atoms with Crippen molar-refractivity contribution < 1.29 is 4.74 Å². The van der Waals surface area contributed by atoms with Crippen LogP contribution in [0.2, 0.25) is 0 Å². The lowest BCUT2D eigenvalue weighted by Crippen LogP contribution is -2.46. The van der Waals surface area contributed by atoms with Crippen LogP contribution in [-0.2, 0) is 4.74 Å². The van der Waals surface area contributed by atoms with E-state index in [4.69, 9.17) is 4.74 Å². The fourth-order valence-electron chi connectivity index (χ4n) is 2.81. The summed E-state index contributed by atoms with van der Waals surface area (Å²) in [6.45, 7) is 12.3. The number of hydrogen-bond acceptors (Lipinski definition) is 3. The van der Waals surface area contributed by atoms with Crippen LogP contribution in [0.1, 0.15) is 40.5 Å². The van der Waals surface area contributed by atoms with E-state index in [0.717, 1.165) is 32.5 Å². The molecule has 0 aromatic carbocycles.